The van der Waals surface area contributed by atoms with Gasteiger partial charge in [-0.25, -0.2) is 4.98 Å². The summed E-state index contributed by atoms with van der Waals surface area (Å²) < 4.78 is 0. The summed E-state index contributed by atoms with van der Waals surface area (Å²) in [5, 5.41) is 13.0. The Hall–Kier alpha value is -2.50. The van der Waals surface area contributed by atoms with Crippen molar-refractivity contribution in [2.24, 2.45) is 0 Å². The topological polar surface area (TPSA) is 53.9 Å². The van der Waals surface area contributed by atoms with E-state index in [2.05, 4.69) is 32.5 Å². The van der Waals surface area contributed by atoms with Crippen LogP contribution in [0.4, 0.5) is 5.82 Å². The van der Waals surface area contributed by atoms with Gasteiger partial charge in [0.2, 0.25) is 0 Å². The molecule has 0 bridgehead atoms. The molecular weight excluding hydrogens is 382 g/mol. The van der Waals surface area contributed by atoms with Gasteiger partial charge in [-0.3, -0.25) is 0 Å². The molecule has 1 aliphatic heterocycles. The largest absolute Gasteiger partial charge is 0.366 e. The van der Waals surface area contributed by atoms with Crippen LogP contribution in [0.15, 0.2) is 54.6 Å². The fraction of sp³-hybridized carbons (Fsp3) is 0.348. The number of nitrogens with one attached hydrogen (secondary N) is 1. The van der Waals surface area contributed by atoms with Crippen molar-refractivity contribution in [3.05, 3.63) is 70.9 Å². The SMILES string of the molecule is Clc1ccc(-c2nnc(NCCN3CCCCC3)c(Cc3ccccc3)n2)cc1. The van der Waals surface area contributed by atoms with Gasteiger partial charge in [0.25, 0.3) is 0 Å². The molecular formula is C23H26ClN5. The lowest BCUT2D eigenvalue weighted by atomic mass is 10.1. The summed E-state index contributed by atoms with van der Waals surface area (Å²) in [7, 11) is 0. The van der Waals surface area contributed by atoms with Crippen molar-refractivity contribution < 1.29 is 0 Å². The Morgan fingerprint density at radius 2 is 1.66 bits per heavy atom. The smallest absolute Gasteiger partial charge is 0.182 e. The molecule has 3 aromatic rings. The molecule has 0 aliphatic carbocycles. The van der Waals surface area contributed by atoms with Gasteiger partial charge in [0.15, 0.2) is 11.6 Å². The third-order valence-electron chi connectivity index (χ3n) is 5.24. The molecule has 150 valence electrons. The van der Waals surface area contributed by atoms with E-state index in [4.69, 9.17) is 16.6 Å². The summed E-state index contributed by atoms with van der Waals surface area (Å²) in [6.07, 6.45) is 4.67. The summed E-state index contributed by atoms with van der Waals surface area (Å²) in [4.78, 5) is 7.35. The number of nitrogens with zero attached hydrogens (tertiary/aromatic N) is 4. The summed E-state index contributed by atoms with van der Waals surface area (Å²) in [6, 6.07) is 17.9. The van der Waals surface area contributed by atoms with Crippen LogP contribution in [0, 0.1) is 0 Å². The molecule has 6 heteroatoms. The highest BCUT2D eigenvalue weighted by Crippen LogP contribution is 2.21. The molecule has 0 atom stereocenters. The lowest BCUT2D eigenvalue weighted by molar-refractivity contribution is 0.237. The van der Waals surface area contributed by atoms with E-state index in [0.29, 0.717) is 17.3 Å². The summed E-state index contributed by atoms with van der Waals surface area (Å²) in [6.45, 7) is 4.25. The number of hydrogen-bond donors (Lipinski definition) is 1. The van der Waals surface area contributed by atoms with Crippen LogP contribution >= 0.6 is 11.6 Å². The second-order valence-electron chi connectivity index (χ2n) is 7.43. The Bertz CT molecular complexity index is 908. The van der Waals surface area contributed by atoms with Crippen LogP contribution in [0.2, 0.25) is 5.02 Å². The number of likely N-dealkylation sites (tertiary alicyclic amines) is 1. The third-order valence-corrected chi connectivity index (χ3v) is 5.50. The van der Waals surface area contributed by atoms with E-state index in [-0.39, 0.29) is 0 Å². The third kappa shape index (κ3) is 5.52. The van der Waals surface area contributed by atoms with Gasteiger partial charge < -0.3 is 10.2 Å². The van der Waals surface area contributed by atoms with Crippen LogP contribution in [0.3, 0.4) is 0 Å². The first kappa shape index (κ1) is 19.8. The Morgan fingerprint density at radius 1 is 0.897 bits per heavy atom. The van der Waals surface area contributed by atoms with E-state index in [1.807, 2.05) is 42.5 Å². The molecule has 0 unspecified atom stereocenters. The molecule has 2 heterocycles. The maximum absolute atomic E-state index is 6.01. The van der Waals surface area contributed by atoms with Gasteiger partial charge in [-0.2, -0.15) is 0 Å². The number of benzene rings is 2. The van der Waals surface area contributed by atoms with Crippen molar-refractivity contribution in [3.63, 3.8) is 0 Å². The van der Waals surface area contributed by atoms with Gasteiger partial charge >= 0.3 is 0 Å². The van der Waals surface area contributed by atoms with Crippen molar-refractivity contribution in [1.29, 1.82) is 0 Å². The van der Waals surface area contributed by atoms with Crippen LogP contribution in [0.5, 0.6) is 0 Å². The van der Waals surface area contributed by atoms with Gasteiger partial charge in [0.05, 0.1) is 5.69 Å². The molecule has 4 rings (SSSR count). The number of anilines is 1. The molecule has 29 heavy (non-hydrogen) atoms. The van der Waals surface area contributed by atoms with Crippen molar-refractivity contribution in [1.82, 2.24) is 20.1 Å². The second-order valence-corrected chi connectivity index (χ2v) is 7.87. The second kappa shape index (κ2) is 9.81. The fourth-order valence-corrected chi connectivity index (χ4v) is 3.77. The molecule has 1 aromatic heterocycles. The van der Waals surface area contributed by atoms with E-state index in [9.17, 15) is 0 Å². The highest BCUT2D eigenvalue weighted by molar-refractivity contribution is 6.30. The molecule has 2 aromatic carbocycles. The van der Waals surface area contributed by atoms with E-state index in [0.717, 1.165) is 30.2 Å². The Kier molecular flexibility index (Phi) is 6.70. The summed E-state index contributed by atoms with van der Waals surface area (Å²) >= 11 is 6.01. The minimum atomic E-state index is 0.620. The van der Waals surface area contributed by atoms with Gasteiger partial charge in [-0.05, 0) is 55.8 Å². The maximum Gasteiger partial charge on any atom is 0.182 e. The molecule has 0 radical (unpaired) electrons. The number of piperidine rings is 1. The van der Waals surface area contributed by atoms with Crippen LogP contribution in [0.1, 0.15) is 30.5 Å². The molecule has 1 aliphatic rings. The van der Waals surface area contributed by atoms with E-state index in [1.54, 1.807) is 0 Å². The standard InChI is InChI=1S/C23H26ClN5/c24-20-11-9-19(10-12-20)22-26-21(17-18-7-3-1-4-8-18)23(28-27-22)25-13-16-29-14-5-2-6-15-29/h1,3-4,7-12H,2,5-6,13-17H2,(H,25,28). The zero-order valence-corrected chi connectivity index (χ0v) is 17.3. The zero-order chi connectivity index (χ0) is 19.9. The molecule has 1 N–H and O–H groups in total. The van der Waals surface area contributed by atoms with Gasteiger partial charge in [0.1, 0.15) is 0 Å². The minimum absolute atomic E-state index is 0.620. The first-order valence-corrected chi connectivity index (χ1v) is 10.7. The van der Waals surface area contributed by atoms with Crippen molar-refractivity contribution in [3.8, 4) is 11.4 Å². The Morgan fingerprint density at radius 3 is 2.41 bits per heavy atom. The van der Waals surface area contributed by atoms with E-state index in [1.165, 1.54) is 37.9 Å². The van der Waals surface area contributed by atoms with Crippen LogP contribution in [0.25, 0.3) is 11.4 Å². The number of halogens is 1. The highest BCUT2D eigenvalue weighted by Gasteiger charge is 2.13. The van der Waals surface area contributed by atoms with Gasteiger partial charge in [0, 0.05) is 30.1 Å². The molecule has 0 spiro atoms. The number of rotatable bonds is 7. The van der Waals surface area contributed by atoms with E-state index < -0.39 is 0 Å². The minimum Gasteiger partial charge on any atom is -0.366 e. The maximum atomic E-state index is 6.01. The Balaban J connectivity index is 1.52. The highest BCUT2D eigenvalue weighted by atomic mass is 35.5. The molecule has 1 fully saturated rings. The molecule has 0 amide bonds. The Labute approximate surface area is 177 Å². The van der Waals surface area contributed by atoms with Gasteiger partial charge in [-0.1, -0.05) is 48.4 Å². The lowest BCUT2D eigenvalue weighted by Gasteiger charge is -2.26. The van der Waals surface area contributed by atoms with Crippen molar-refractivity contribution in [2.75, 3.05) is 31.5 Å². The molecule has 1 saturated heterocycles. The van der Waals surface area contributed by atoms with Crippen molar-refractivity contribution in [2.45, 2.75) is 25.7 Å². The average Bonchev–Trinajstić information content (AvgIpc) is 2.77. The monoisotopic (exact) mass is 407 g/mol. The predicted molar refractivity (Wildman–Crippen MR) is 118 cm³/mol. The number of aromatic nitrogens is 3. The predicted octanol–water partition coefficient (Wildman–Crippen LogP) is 4.68. The number of hydrogen-bond acceptors (Lipinski definition) is 5. The van der Waals surface area contributed by atoms with Crippen LogP contribution in [-0.2, 0) is 6.42 Å². The first-order chi connectivity index (χ1) is 14.3. The molecule has 0 saturated carbocycles. The fourth-order valence-electron chi connectivity index (χ4n) is 3.64. The lowest BCUT2D eigenvalue weighted by Crippen LogP contribution is -2.34. The van der Waals surface area contributed by atoms with Crippen LogP contribution in [-0.4, -0.2) is 46.3 Å². The molecule has 5 nitrogen and oxygen atoms in total. The quantitative estimate of drug-likeness (QED) is 0.616. The normalized spacial score (nSPS) is 14.7. The van der Waals surface area contributed by atoms with Crippen LogP contribution < -0.4 is 5.32 Å². The average molecular weight is 408 g/mol. The first-order valence-electron chi connectivity index (χ1n) is 10.3. The zero-order valence-electron chi connectivity index (χ0n) is 16.5. The van der Waals surface area contributed by atoms with Crippen molar-refractivity contribution >= 4 is 17.4 Å². The van der Waals surface area contributed by atoms with E-state index >= 15 is 0 Å². The summed E-state index contributed by atoms with van der Waals surface area (Å²) in [5.74, 6) is 1.39. The van der Waals surface area contributed by atoms with Gasteiger partial charge in [-0.15, -0.1) is 10.2 Å². The summed E-state index contributed by atoms with van der Waals surface area (Å²) in [5.41, 5.74) is 3.03.